The first-order chi connectivity index (χ1) is 9.04. The molecule has 1 aromatic carbocycles. The summed E-state index contributed by atoms with van der Waals surface area (Å²) in [5.41, 5.74) is 1.91. The quantitative estimate of drug-likeness (QED) is 0.783. The highest BCUT2D eigenvalue weighted by molar-refractivity contribution is 7.85. The summed E-state index contributed by atoms with van der Waals surface area (Å²) in [6.45, 7) is 2.35. The number of anilines is 2. The SMILES string of the molecule is Cc1cc2c(cc1F)NC(=O)CC1CS(=O)CCN21. The van der Waals surface area contributed by atoms with Crippen molar-refractivity contribution in [3.63, 3.8) is 0 Å². The number of carbonyl (C=O) groups excluding carboxylic acids is 1. The molecule has 6 heteroatoms. The van der Waals surface area contributed by atoms with Crippen molar-refractivity contribution in [1.29, 1.82) is 0 Å². The number of carbonyl (C=O) groups is 1. The number of rotatable bonds is 0. The van der Waals surface area contributed by atoms with Gasteiger partial charge in [0.2, 0.25) is 5.91 Å². The molecular formula is C13H15FN2O2S. The smallest absolute Gasteiger partial charge is 0.226 e. The first-order valence-corrected chi connectivity index (χ1v) is 7.75. The number of amides is 1. The molecule has 2 aliphatic rings. The number of aryl methyl sites for hydroxylation is 1. The summed E-state index contributed by atoms with van der Waals surface area (Å²) in [5.74, 6) is 0.637. The normalized spacial score (nSPS) is 26.2. The Morgan fingerprint density at radius 1 is 1.47 bits per heavy atom. The third-order valence-electron chi connectivity index (χ3n) is 3.66. The molecule has 1 amide bonds. The molecule has 1 N–H and O–H groups in total. The monoisotopic (exact) mass is 282 g/mol. The predicted octanol–water partition coefficient (Wildman–Crippen LogP) is 1.41. The zero-order valence-electron chi connectivity index (χ0n) is 10.6. The Morgan fingerprint density at radius 2 is 2.26 bits per heavy atom. The molecule has 0 aliphatic carbocycles. The van der Waals surface area contributed by atoms with Crippen LogP contribution in [0.2, 0.25) is 0 Å². The van der Waals surface area contributed by atoms with Crippen molar-refractivity contribution >= 4 is 28.1 Å². The van der Waals surface area contributed by atoms with Gasteiger partial charge in [-0.25, -0.2) is 4.39 Å². The van der Waals surface area contributed by atoms with Crippen LogP contribution in [-0.2, 0) is 15.6 Å². The fourth-order valence-corrected chi connectivity index (χ4v) is 3.97. The summed E-state index contributed by atoms with van der Waals surface area (Å²) < 4.78 is 25.3. The summed E-state index contributed by atoms with van der Waals surface area (Å²) in [6, 6.07) is 3.08. The third-order valence-corrected chi connectivity index (χ3v) is 5.05. The van der Waals surface area contributed by atoms with Crippen LogP contribution < -0.4 is 10.2 Å². The minimum absolute atomic E-state index is 0.0549. The van der Waals surface area contributed by atoms with Gasteiger partial charge in [-0.1, -0.05) is 0 Å². The second-order valence-corrected chi connectivity index (χ2v) is 6.65. The molecule has 0 spiro atoms. The largest absolute Gasteiger partial charge is 0.364 e. The van der Waals surface area contributed by atoms with Crippen LogP contribution in [0.1, 0.15) is 12.0 Å². The van der Waals surface area contributed by atoms with Crippen LogP contribution in [0.5, 0.6) is 0 Å². The van der Waals surface area contributed by atoms with E-state index in [1.807, 2.05) is 0 Å². The van der Waals surface area contributed by atoms with E-state index in [1.54, 1.807) is 13.0 Å². The van der Waals surface area contributed by atoms with Gasteiger partial charge in [-0.3, -0.25) is 9.00 Å². The molecule has 102 valence electrons. The molecule has 0 aromatic heterocycles. The summed E-state index contributed by atoms with van der Waals surface area (Å²) in [6.07, 6.45) is 0.307. The Hall–Kier alpha value is -1.43. The number of benzene rings is 1. The molecule has 2 unspecified atom stereocenters. The Balaban J connectivity index is 2.08. The molecule has 2 heterocycles. The first kappa shape index (κ1) is 12.6. The van der Waals surface area contributed by atoms with Crippen LogP contribution in [-0.4, -0.2) is 34.2 Å². The van der Waals surface area contributed by atoms with E-state index in [2.05, 4.69) is 10.2 Å². The van der Waals surface area contributed by atoms with Crippen molar-refractivity contribution < 1.29 is 13.4 Å². The van der Waals surface area contributed by atoms with Crippen LogP contribution in [0.25, 0.3) is 0 Å². The lowest BCUT2D eigenvalue weighted by molar-refractivity contribution is -0.116. The number of nitrogens with zero attached hydrogens (tertiary/aromatic N) is 1. The van der Waals surface area contributed by atoms with Gasteiger partial charge >= 0.3 is 0 Å². The van der Waals surface area contributed by atoms with Crippen molar-refractivity contribution in [2.75, 3.05) is 28.3 Å². The maximum Gasteiger partial charge on any atom is 0.226 e. The second-order valence-electron chi connectivity index (χ2n) is 5.03. The molecule has 0 radical (unpaired) electrons. The molecule has 2 atom stereocenters. The number of hydrogen-bond acceptors (Lipinski definition) is 3. The fraction of sp³-hybridized carbons (Fsp3) is 0.462. The zero-order chi connectivity index (χ0) is 13.6. The lowest BCUT2D eigenvalue weighted by Gasteiger charge is -2.35. The Morgan fingerprint density at radius 3 is 3.05 bits per heavy atom. The molecule has 0 saturated carbocycles. The fourth-order valence-electron chi connectivity index (χ4n) is 2.68. The molecule has 3 rings (SSSR count). The third kappa shape index (κ3) is 2.25. The highest BCUT2D eigenvalue weighted by atomic mass is 32.2. The van der Waals surface area contributed by atoms with Crippen molar-refractivity contribution in [2.24, 2.45) is 0 Å². The summed E-state index contributed by atoms with van der Waals surface area (Å²) >= 11 is 0. The lowest BCUT2D eigenvalue weighted by atomic mass is 10.1. The van der Waals surface area contributed by atoms with Gasteiger partial charge in [-0.15, -0.1) is 0 Å². The van der Waals surface area contributed by atoms with Gasteiger partial charge < -0.3 is 10.2 Å². The van der Waals surface area contributed by atoms with E-state index in [0.29, 0.717) is 35.7 Å². The van der Waals surface area contributed by atoms with E-state index >= 15 is 0 Å². The topological polar surface area (TPSA) is 49.4 Å². The molecule has 1 aromatic rings. The van der Waals surface area contributed by atoms with E-state index in [9.17, 15) is 13.4 Å². The van der Waals surface area contributed by atoms with Gasteiger partial charge in [0.1, 0.15) is 5.82 Å². The van der Waals surface area contributed by atoms with Gasteiger partial charge in [0.05, 0.1) is 11.4 Å². The molecule has 0 bridgehead atoms. The van der Waals surface area contributed by atoms with Crippen molar-refractivity contribution in [3.8, 4) is 0 Å². The molecule has 1 saturated heterocycles. The zero-order valence-corrected chi connectivity index (χ0v) is 11.4. The van der Waals surface area contributed by atoms with Gasteiger partial charge in [0, 0.05) is 41.3 Å². The number of nitrogens with one attached hydrogen (secondary N) is 1. The second kappa shape index (κ2) is 4.59. The number of fused-ring (bicyclic) bond motifs is 3. The molecule has 2 aliphatic heterocycles. The van der Waals surface area contributed by atoms with E-state index in [-0.39, 0.29) is 17.8 Å². The number of halogens is 1. The predicted molar refractivity (Wildman–Crippen MR) is 73.4 cm³/mol. The van der Waals surface area contributed by atoms with Crippen LogP contribution in [0.4, 0.5) is 15.8 Å². The van der Waals surface area contributed by atoms with E-state index in [1.165, 1.54) is 6.07 Å². The average molecular weight is 282 g/mol. The minimum atomic E-state index is -0.864. The maximum atomic E-state index is 13.6. The van der Waals surface area contributed by atoms with Crippen LogP contribution in [0.3, 0.4) is 0 Å². The van der Waals surface area contributed by atoms with Crippen LogP contribution >= 0.6 is 0 Å². The van der Waals surface area contributed by atoms with Crippen LogP contribution in [0, 0.1) is 12.7 Å². The van der Waals surface area contributed by atoms with E-state index in [0.717, 1.165) is 5.69 Å². The van der Waals surface area contributed by atoms with Crippen molar-refractivity contribution in [1.82, 2.24) is 0 Å². The summed E-state index contributed by atoms with van der Waals surface area (Å²) in [4.78, 5) is 13.9. The van der Waals surface area contributed by atoms with E-state index in [4.69, 9.17) is 0 Å². The first-order valence-electron chi connectivity index (χ1n) is 6.26. The molecule has 1 fully saturated rings. The summed E-state index contributed by atoms with van der Waals surface area (Å²) in [5, 5.41) is 2.74. The van der Waals surface area contributed by atoms with Crippen molar-refractivity contribution in [2.45, 2.75) is 19.4 Å². The highest BCUT2D eigenvalue weighted by Gasteiger charge is 2.33. The van der Waals surface area contributed by atoms with Gasteiger partial charge in [0.15, 0.2) is 0 Å². The van der Waals surface area contributed by atoms with Crippen molar-refractivity contribution in [3.05, 3.63) is 23.5 Å². The highest BCUT2D eigenvalue weighted by Crippen LogP contribution is 2.34. The molecule has 19 heavy (non-hydrogen) atoms. The molecule has 4 nitrogen and oxygen atoms in total. The van der Waals surface area contributed by atoms with E-state index < -0.39 is 10.8 Å². The van der Waals surface area contributed by atoms with Gasteiger partial charge in [-0.05, 0) is 24.6 Å². The summed E-state index contributed by atoms with van der Waals surface area (Å²) in [7, 11) is -0.864. The Bertz CT molecular complexity index is 576. The average Bonchev–Trinajstić information content (AvgIpc) is 2.45. The van der Waals surface area contributed by atoms with Crippen LogP contribution in [0.15, 0.2) is 12.1 Å². The molecular weight excluding hydrogens is 267 g/mol. The standard InChI is InChI=1S/C13H15FN2O2S/c1-8-4-12-11(6-10(8)14)15-13(17)5-9-7-19(18)3-2-16(9)12/h4,6,9H,2-3,5,7H2,1H3,(H,15,17). The van der Waals surface area contributed by atoms with Gasteiger partial charge in [-0.2, -0.15) is 0 Å². The Kier molecular flexibility index (Phi) is 3.05. The van der Waals surface area contributed by atoms with Gasteiger partial charge in [0.25, 0.3) is 0 Å². The number of hydrogen-bond donors (Lipinski definition) is 1. The lowest BCUT2D eigenvalue weighted by Crippen LogP contribution is -2.47. The Labute approximate surface area is 113 Å². The maximum absolute atomic E-state index is 13.6. The minimum Gasteiger partial charge on any atom is -0.364 e.